The smallest absolute Gasteiger partial charge is 0.276 e. The summed E-state index contributed by atoms with van der Waals surface area (Å²) in [6.07, 6.45) is 0. The lowest BCUT2D eigenvalue weighted by molar-refractivity contribution is 0.0987. The van der Waals surface area contributed by atoms with Gasteiger partial charge in [-0.2, -0.15) is 0 Å². The third-order valence-electron chi connectivity index (χ3n) is 2.45. The molecule has 0 bridgehead atoms. The molecule has 0 unspecified atom stereocenters. The summed E-state index contributed by atoms with van der Waals surface area (Å²) in [5, 5.41) is 0.225. The molecule has 0 radical (unpaired) electrons. The second-order valence-electron chi connectivity index (χ2n) is 3.66. The summed E-state index contributed by atoms with van der Waals surface area (Å²) in [6, 6.07) is 10.8. The number of para-hydroxylation sites is 1. The lowest BCUT2D eigenvalue weighted by Crippen LogP contribution is -2.27. The van der Waals surface area contributed by atoms with Gasteiger partial charge in [-0.05, 0) is 24.3 Å². The van der Waals surface area contributed by atoms with Crippen molar-refractivity contribution in [1.29, 1.82) is 0 Å². The fraction of sp³-hybridized carbons (Fsp3) is 0.0769. The van der Waals surface area contributed by atoms with Crippen molar-refractivity contribution in [2.75, 3.05) is 11.9 Å². The van der Waals surface area contributed by atoms with Crippen LogP contribution in [-0.4, -0.2) is 17.9 Å². The van der Waals surface area contributed by atoms with Crippen molar-refractivity contribution in [3.05, 3.63) is 59.1 Å². The van der Waals surface area contributed by atoms with Crippen LogP contribution in [0, 0.1) is 5.82 Å². The van der Waals surface area contributed by atoms with Crippen LogP contribution < -0.4 is 4.90 Å². The van der Waals surface area contributed by atoms with E-state index < -0.39 is 11.7 Å². The van der Waals surface area contributed by atoms with Gasteiger partial charge in [0.2, 0.25) is 0 Å². The Morgan fingerprint density at radius 2 is 1.94 bits per heavy atom. The normalized spacial score (nSPS) is 10.2. The monoisotopic (exact) mass is 264 g/mol. The van der Waals surface area contributed by atoms with E-state index in [-0.39, 0.29) is 16.5 Å². The number of anilines is 1. The van der Waals surface area contributed by atoms with E-state index in [9.17, 15) is 9.18 Å². The number of halogens is 2. The molecular weight excluding hydrogens is 255 g/mol. The van der Waals surface area contributed by atoms with E-state index in [1.165, 1.54) is 30.1 Å². The Morgan fingerprint density at radius 3 is 2.61 bits per heavy atom. The fourth-order valence-electron chi connectivity index (χ4n) is 1.53. The number of carbonyl (C=O) groups is 1. The molecule has 0 N–H and O–H groups in total. The predicted octanol–water partition coefficient (Wildman–Crippen LogP) is 3.15. The predicted molar refractivity (Wildman–Crippen MR) is 68.4 cm³/mol. The van der Waals surface area contributed by atoms with Gasteiger partial charge in [-0.1, -0.05) is 29.8 Å². The Bertz CT molecular complexity index is 589. The van der Waals surface area contributed by atoms with Gasteiger partial charge in [-0.15, -0.1) is 0 Å². The second-order valence-corrected chi connectivity index (χ2v) is 4.05. The number of amides is 1. The number of nitrogens with zero attached hydrogens (tertiary/aromatic N) is 2. The molecule has 18 heavy (non-hydrogen) atoms. The van der Waals surface area contributed by atoms with Crippen LogP contribution in [-0.2, 0) is 0 Å². The minimum atomic E-state index is -0.463. The Hall–Kier alpha value is -1.94. The maximum absolute atomic E-state index is 13.6. The second kappa shape index (κ2) is 5.14. The molecule has 3 nitrogen and oxygen atoms in total. The van der Waals surface area contributed by atoms with Crippen LogP contribution in [0.15, 0.2) is 42.5 Å². The van der Waals surface area contributed by atoms with Crippen LogP contribution in [0.1, 0.15) is 10.5 Å². The molecule has 1 amide bonds. The zero-order chi connectivity index (χ0) is 13.1. The van der Waals surface area contributed by atoms with Crippen LogP contribution in [0.3, 0.4) is 0 Å². The lowest BCUT2D eigenvalue weighted by Gasteiger charge is -2.17. The third-order valence-corrected chi connectivity index (χ3v) is 2.66. The van der Waals surface area contributed by atoms with Gasteiger partial charge in [0.05, 0.1) is 5.69 Å². The molecule has 92 valence electrons. The molecule has 0 aliphatic heterocycles. The van der Waals surface area contributed by atoms with Crippen LogP contribution in [0.2, 0.25) is 5.15 Å². The lowest BCUT2D eigenvalue weighted by atomic mass is 10.2. The highest BCUT2D eigenvalue weighted by Crippen LogP contribution is 2.19. The molecular formula is C13H10ClFN2O. The Kier molecular flexibility index (Phi) is 3.58. The van der Waals surface area contributed by atoms with Gasteiger partial charge in [0, 0.05) is 7.05 Å². The number of hydrogen-bond donors (Lipinski definition) is 0. The molecule has 1 heterocycles. The van der Waals surface area contributed by atoms with E-state index in [0.29, 0.717) is 0 Å². The van der Waals surface area contributed by atoms with Crippen molar-refractivity contribution in [1.82, 2.24) is 4.98 Å². The average Bonchev–Trinajstić information content (AvgIpc) is 2.37. The molecule has 1 aromatic heterocycles. The number of hydrogen-bond acceptors (Lipinski definition) is 2. The van der Waals surface area contributed by atoms with Gasteiger partial charge in [0.15, 0.2) is 0 Å². The first kappa shape index (κ1) is 12.5. The number of carbonyl (C=O) groups excluding carboxylic acids is 1. The van der Waals surface area contributed by atoms with Gasteiger partial charge in [-0.3, -0.25) is 4.79 Å². The standard InChI is InChI=1S/C13H10ClFN2O/c1-17(11-7-3-2-5-9(11)15)13(18)10-6-4-8-12(14)16-10/h2-8H,1H3. The van der Waals surface area contributed by atoms with E-state index in [0.717, 1.165) is 0 Å². The summed E-state index contributed by atoms with van der Waals surface area (Å²) in [6.45, 7) is 0. The van der Waals surface area contributed by atoms with Gasteiger partial charge in [-0.25, -0.2) is 9.37 Å². The molecule has 0 aliphatic carbocycles. The minimum absolute atomic E-state index is 0.174. The molecule has 0 atom stereocenters. The van der Waals surface area contributed by atoms with Crippen molar-refractivity contribution in [3.63, 3.8) is 0 Å². The molecule has 0 saturated carbocycles. The molecule has 1 aromatic carbocycles. The van der Waals surface area contributed by atoms with Gasteiger partial charge >= 0.3 is 0 Å². The fourth-order valence-corrected chi connectivity index (χ4v) is 1.70. The van der Waals surface area contributed by atoms with Crippen molar-refractivity contribution in [2.45, 2.75) is 0 Å². The molecule has 5 heteroatoms. The number of aromatic nitrogens is 1. The van der Waals surface area contributed by atoms with E-state index in [1.54, 1.807) is 24.3 Å². The largest absolute Gasteiger partial charge is 0.307 e. The third kappa shape index (κ3) is 2.49. The van der Waals surface area contributed by atoms with E-state index >= 15 is 0 Å². The van der Waals surface area contributed by atoms with Crippen LogP contribution in [0.5, 0.6) is 0 Å². The van der Waals surface area contributed by atoms with Crippen LogP contribution >= 0.6 is 11.6 Å². The van der Waals surface area contributed by atoms with Crippen molar-refractivity contribution in [2.24, 2.45) is 0 Å². The highest BCUT2D eigenvalue weighted by atomic mass is 35.5. The zero-order valence-corrected chi connectivity index (χ0v) is 10.4. The van der Waals surface area contributed by atoms with Crippen LogP contribution in [0.4, 0.5) is 10.1 Å². The summed E-state index contributed by atoms with van der Waals surface area (Å²) < 4.78 is 13.6. The Morgan fingerprint density at radius 1 is 1.22 bits per heavy atom. The van der Waals surface area contributed by atoms with Crippen molar-refractivity contribution < 1.29 is 9.18 Å². The maximum Gasteiger partial charge on any atom is 0.276 e. The molecule has 2 rings (SSSR count). The van der Waals surface area contributed by atoms with Crippen molar-refractivity contribution in [3.8, 4) is 0 Å². The topological polar surface area (TPSA) is 33.2 Å². The first-order chi connectivity index (χ1) is 8.59. The molecule has 2 aromatic rings. The first-order valence-electron chi connectivity index (χ1n) is 5.25. The summed E-state index contributed by atoms with van der Waals surface area (Å²) in [7, 11) is 1.49. The minimum Gasteiger partial charge on any atom is -0.307 e. The van der Waals surface area contributed by atoms with Gasteiger partial charge < -0.3 is 4.90 Å². The molecule has 0 aliphatic rings. The Balaban J connectivity index is 2.32. The zero-order valence-electron chi connectivity index (χ0n) is 9.60. The van der Waals surface area contributed by atoms with Crippen LogP contribution in [0.25, 0.3) is 0 Å². The highest BCUT2D eigenvalue weighted by molar-refractivity contribution is 6.29. The highest BCUT2D eigenvalue weighted by Gasteiger charge is 2.17. The first-order valence-corrected chi connectivity index (χ1v) is 5.62. The summed E-state index contributed by atoms with van der Waals surface area (Å²) in [4.78, 5) is 17.2. The number of rotatable bonds is 2. The van der Waals surface area contributed by atoms with Gasteiger partial charge in [0.25, 0.3) is 5.91 Å². The molecule has 0 saturated heterocycles. The average molecular weight is 265 g/mol. The summed E-state index contributed by atoms with van der Waals surface area (Å²) in [5.74, 6) is -0.877. The van der Waals surface area contributed by atoms with Crippen molar-refractivity contribution >= 4 is 23.2 Å². The molecule has 0 fully saturated rings. The number of benzene rings is 1. The van der Waals surface area contributed by atoms with E-state index in [1.807, 2.05) is 0 Å². The molecule has 0 spiro atoms. The number of pyridine rings is 1. The SMILES string of the molecule is CN(C(=O)c1cccc(Cl)n1)c1ccccc1F. The summed E-state index contributed by atoms with van der Waals surface area (Å²) in [5.41, 5.74) is 0.373. The van der Waals surface area contributed by atoms with E-state index in [2.05, 4.69) is 4.98 Å². The maximum atomic E-state index is 13.6. The quantitative estimate of drug-likeness (QED) is 0.781. The summed E-state index contributed by atoms with van der Waals surface area (Å²) >= 11 is 5.71. The van der Waals surface area contributed by atoms with Gasteiger partial charge in [0.1, 0.15) is 16.7 Å². The van der Waals surface area contributed by atoms with E-state index in [4.69, 9.17) is 11.6 Å². The Labute approximate surface area is 109 Å².